The highest BCUT2D eigenvalue weighted by Gasteiger charge is 2.34. The molecule has 0 amide bonds. The van der Waals surface area contributed by atoms with Crippen LogP contribution in [0.15, 0.2) is 36.5 Å². The van der Waals surface area contributed by atoms with Gasteiger partial charge in [-0.25, -0.2) is 9.37 Å². The summed E-state index contributed by atoms with van der Waals surface area (Å²) >= 11 is 5.55. The Hall–Kier alpha value is -1.95. The summed E-state index contributed by atoms with van der Waals surface area (Å²) in [6.45, 7) is 0. The molecule has 0 aliphatic rings. The van der Waals surface area contributed by atoms with Crippen molar-refractivity contribution < 1.29 is 22.4 Å². The number of ketones is 1. The van der Waals surface area contributed by atoms with Gasteiger partial charge in [0.15, 0.2) is 5.78 Å². The average Bonchev–Trinajstić information content (AvgIpc) is 2.38. The van der Waals surface area contributed by atoms with E-state index in [4.69, 9.17) is 11.6 Å². The van der Waals surface area contributed by atoms with Crippen LogP contribution in [0.4, 0.5) is 17.6 Å². The largest absolute Gasteiger partial charge is 0.419 e. The Morgan fingerprint density at radius 2 is 1.75 bits per heavy atom. The van der Waals surface area contributed by atoms with Gasteiger partial charge in [-0.2, -0.15) is 13.2 Å². The first-order chi connectivity index (χ1) is 9.29. The number of nitrogens with zero attached hydrogens (tertiary/aromatic N) is 1. The number of carbonyl (C=O) groups excluding carboxylic acids is 1. The second-order valence-corrected chi connectivity index (χ2v) is 4.28. The van der Waals surface area contributed by atoms with Gasteiger partial charge in [-0.05, 0) is 30.3 Å². The van der Waals surface area contributed by atoms with E-state index >= 15 is 0 Å². The molecule has 0 atom stereocenters. The fourth-order valence-corrected chi connectivity index (χ4v) is 1.67. The molecule has 0 fully saturated rings. The molecular formula is C13H6ClF4NO. The molecule has 0 unspecified atom stereocenters. The highest BCUT2D eigenvalue weighted by molar-refractivity contribution is 6.29. The molecule has 104 valence electrons. The van der Waals surface area contributed by atoms with Crippen molar-refractivity contribution in [3.8, 4) is 0 Å². The van der Waals surface area contributed by atoms with Crippen LogP contribution in [0.3, 0.4) is 0 Å². The Bertz CT molecular complexity index is 652. The van der Waals surface area contributed by atoms with Crippen molar-refractivity contribution in [2.45, 2.75) is 6.18 Å². The molecule has 0 aliphatic heterocycles. The van der Waals surface area contributed by atoms with Crippen LogP contribution < -0.4 is 0 Å². The minimum atomic E-state index is -4.86. The minimum absolute atomic E-state index is 0.0640. The van der Waals surface area contributed by atoms with Crippen molar-refractivity contribution >= 4 is 17.4 Å². The number of alkyl halides is 3. The number of aromatic nitrogens is 1. The van der Waals surface area contributed by atoms with Crippen LogP contribution in [0, 0.1) is 5.82 Å². The lowest BCUT2D eigenvalue weighted by Crippen LogP contribution is -2.11. The maximum Gasteiger partial charge on any atom is 0.419 e. The first-order valence-electron chi connectivity index (χ1n) is 5.32. The van der Waals surface area contributed by atoms with Gasteiger partial charge in [0.05, 0.1) is 5.56 Å². The molecule has 0 spiro atoms. The Labute approximate surface area is 116 Å². The normalized spacial score (nSPS) is 11.4. The van der Waals surface area contributed by atoms with E-state index in [1.54, 1.807) is 0 Å². The molecule has 1 aromatic heterocycles. The van der Waals surface area contributed by atoms with Crippen LogP contribution in [0.1, 0.15) is 21.5 Å². The zero-order valence-electron chi connectivity index (χ0n) is 9.71. The molecule has 0 aliphatic carbocycles. The lowest BCUT2D eigenvalue weighted by molar-refractivity contribution is -0.140. The van der Waals surface area contributed by atoms with Crippen molar-refractivity contribution in [1.82, 2.24) is 4.98 Å². The van der Waals surface area contributed by atoms with E-state index < -0.39 is 23.3 Å². The number of benzene rings is 1. The van der Waals surface area contributed by atoms with E-state index in [1.807, 2.05) is 0 Å². The third-order valence-corrected chi connectivity index (χ3v) is 2.75. The standard InChI is InChI=1S/C13H6ClF4NO/c14-11-4-2-8(6-19-11)12(20)7-1-3-10(15)9(5-7)13(16,17)18/h1-6H. The molecule has 7 heteroatoms. The summed E-state index contributed by atoms with van der Waals surface area (Å²) in [5.41, 5.74) is -1.69. The van der Waals surface area contributed by atoms with Crippen LogP contribution in [0.5, 0.6) is 0 Å². The van der Waals surface area contributed by atoms with Crippen molar-refractivity contribution in [3.05, 3.63) is 64.2 Å². The lowest BCUT2D eigenvalue weighted by Gasteiger charge is -2.09. The van der Waals surface area contributed by atoms with E-state index in [9.17, 15) is 22.4 Å². The zero-order valence-corrected chi connectivity index (χ0v) is 10.5. The van der Waals surface area contributed by atoms with Crippen molar-refractivity contribution in [1.29, 1.82) is 0 Å². The summed E-state index contributed by atoms with van der Waals surface area (Å²) in [5.74, 6) is -2.12. The summed E-state index contributed by atoms with van der Waals surface area (Å²) in [6.07, 6.45) is -3.72. The van der Waals surface area contributed by atoms with Crippen LogP contribution in [0.2, 0.25) is 5.15 Å². The quantitative estimate of drug-likeness (QED) is 0.474. The molecule has 2 aromatic rings. The molecular weight excluding hydrogens is 298 g/mol. The van der Waals surface area contributed by atoms with Crippen molar-refractivity contribution in [3.63, 3.8) is 0 Å². The number of halogens is 5. The van der Waals surface area contributed by atoms with E-state index in [1.165, 1.54) is 12.1 Å². The van der Waals surface area contributed by atoms with Gasteiger partial charge >= 0.3 is 6.18 Å². The number of hydrogen-bond acceptors (Lipinski definition) is 2. The van der Waals surface area contributed by atoms with Crippen LogP contribution in [-0.2, 0) is 6.18 Å². The predicted molar refractivity (Wildman–Crippen MR) is 64.1 cm³/mol. The Balaban J connectivity index is 2.43. The minimum Gasteiger partial charge on any atom is -0.289 e. The van der Waals surface area contributed by atoms with Crippen LogP contribution in [-0.4, -0.2) is 10.8 Å². The number of hydrogen-bond donors (Lipinski definition) is 0. The first kappa shape index (κ1) is 14.5. The van der Waals surface area contributed by atoms with E-state index in [0.29, 0.717) is 12.1 Å². The van der Waals surface area contributed by atoms with Gasteiger partial charge in [0.1, 0.15) is 11.0 Å². The molecule has 20 heavy (non-hydrogen) atoms. The van der Waals surface area contributed by atoms with Crippen LogP contribution >= 0.6 is 11.6 Å². The van der Waals surface area contributed by atoms with Gasteiger partial charge in [0, 0.05) is 17.3 Å². The third-order valence-electron chi connectivity index (χ3n) is 2.52. The highest BCUT2D eigenvalue weighted by Crippen LogP contribution is 2.32. The second-order valence-electron chi connectivity index (χ2n) is 3.89. The fraction of sp³-hybridized carbons (Fsp3) is 0.0769. The molecule has 0 radical (unpaired) electrons. The maximum absolute atomic E-state index is 13.1. The predicted octanol–water partition coefficient (Wildman–Crippen LogP) is 4.12. The molecule has 0 N–H and O–H groups in total. The molecule has 0 saturated heterocycles. The zero-order chi connectivity index (χ0) is 14.9. The van der Waals surface area contributed by atoms with E-state index in [0.717, 1.165) is 12.3 Å². The SMILES string of the molecule is O=C(c1ccc(Cl)nc1)c1ccc(F)c(C(F)(F)F)c1. The summed E-state index contributed by atoms with van der Waals surface area (Å²) in [6, 6.07) is 4.74. The van der Waals surface area contributed by atoms with Crippen molar-refractivity contribution in [2.24, 2.45) is 0 Å². The van der Waals surface area contributed by atoms with Crippen LogP contribution in [0.25, 0.3) is 0 Å². The lowest BCUT2D eigenvalue weighted by atomic mass is 10.0. The molecule has 1 heterocycles. The van der Waals surface area contributed by atoms with Gasteiger partial charge in [-0.15, -0.1) is 0 Å². The summed E-state index contributed by atoms with van der Waals surface area (Å²) in [4.78, 5) is 15.6. The van der Waals surface area contributed by atoms with Gasteiger partial charge < -0.3 is 0 Å². The summed E-state index contributed by atoms with van der Waals surface area (Å²) in [5, 5.41) is 0.150. The number of carbonyl (C=O) groups is 1. The number of rotatable bonds is 2. The highest BCUT2D eigenvalue weighted by atomic mass is 35.5. The summed E-state index contributed by atoms with van der Waals surface area (Å²) < 4.78 is 50.8. The van der Waals surface area contributed by atoms with Gasteiger partial charge in [0.25, 0.3) is 0 Å². The molecule has 2 rings (SSSR count). The van der Waals surface area contributed by atoms with E-state index in [-0.39, 0.29) is 16.3 Å². The smallest absolute Gasteiger partial charge is 0.289 e. The third kappa shape index (κ3) is 2.96. The topological polar surface area (TPSA) is 30.0 Å². The fourth-order valence-electron chi connectivity index (χ4n) is 1.56. The molecule has 0 bridgehead atoms. The molecule has 2 nitrogen and oxygen atoms in total. The van der Waals surface area contributed by atoms with Gasteiger partial charge in [-0.3, -0.25) is 4.79 Å². The Morgan fingerprint density at radius 1 is 1.10 bits per heavy atom. The molecule has 1 aromatic carbocycles. The second kappa shape index (κ2) is 5.20. The molecule has 0 saturated carbocycles. The first-order valence-corrected chi connectivity index (χ1v) is 5.70. The number of pyridine rings is 1. The Kier molecular flexibility index (Phi) is 3.76. The maximum atomic E-state index is 13.1. The van der Waals surface area contributed by atoms with Crippen molar-refractivity contribution in [2.75, 3.05) is 0 Å². The monoisotopic (exact) mass is 303 g/mol. The average molecular weight is 304 g/mol. The van der Waals surface area contributed by atoms with Gasteiger partial charge in [-0.1, -0.05) is 11.6 Å². The Morgan fingerprint density at radius 3 is 2.30 bits per heavy atom. The van der Waals surface area contributed by atoms with E-state index in [2.05, 4.69) is 4.98 Å². The van der Waals surface area contributed by atoms with Gasteiger partial charge in [0.2, 0.25) is 0 Å². The summed E-state index contributed by atoms with van der Waals surface area (Å²) in [7, 11) is 0.